The summed E-state index contributed by atoms with van der Waals surface area (Å²) in [6.07, 6.45) is 4.38. The predicted molar refractivity (Wildman–Crippen MR) is 29.4 cm³/mol. The van der Waals surface area contributed by atoms with Gasteiger partial charge in [-0.1, -0.05) is 0 Å². The van der Waals surface area contributed by atoms with E-state index in [9.17, 15) is 0 Å². The Hall–Kier alpha value is -0.770. The molecule has 1 aliphatic heterocycles. The Morgan fingerprint density at radius 1 is 1.86 bits per heavy atom. The highest BCUT2D eigenvalue weighted by Crippen LogP contribution is 2.37. The summed E-state index contributed by atoms with van der Waals surface area (Å²) >= 11 is 0. The molecular weight excluding hydrogens is 86.1 g/mol. The molecule has 0 amide bonds. The molecule has 0 saturated heterocycles. The summed E-state index contributed by atoms with van der Waals surface area (Å²) in [5, 5.41) is 0. The van der Waals surface area contributed by atoms with Gasteiger partial charge < -0.3 is 0 Å². The van der Waals surface area contributed by atoms with E-state index in [4.69, 9.17) is 0 Å². The minimum Gasteiger partial charge on any atom is -0.0438 e. The number of hydrogen-bond donors (Lipinski definition) is 0. The van der Waals surface area contributed by atoms with Crippen LogP contribution in [-0.2, 0) is 0 Å². The van der Waals surface area contributed by atoms with Crippen molar-refractivity contribution in [1.29, 1.82) is 0 Å². The number of hydrogen-bond acceptors (Lipinski definition) is 0. The maximum Gasteiger partial charge on any atom is 0.310 e. The van der Waals surface area contributed by atoms with E-state index in [1.807, 2.05) is 6.21 Å². The van der Waals surface area contributed by atoms with Gasteiger partial charge in [-0.25, -0.2) is 0 Å². The van der Waals surface area contributed by atoms with Crippen LogP contribution in [0.2, 0.25) is 0 Å². The van der Waals surface area contributed by atoms with E-state index in [1.165, 1.54) is 18.4 Å². The molecule has 0 aromatic rings. The first-order valence-electron chi connectivity index (χ1n) is 2.60. The van der Waals surface area contributed by atoms with Crippen LogP contribution in [0.15, 0.2) is 5.57 Å². The molecule has 0 N–H and O–H groups in total. The highest BCUT2D eigenvalue weighted by Gasteiger charge is 2.35. The molecule has 1 heterocycles. The van der Waals surface area contributed by atoms with Gasteiger partial charge in [0.1, 0.15) is 0 Å². The summed E-state index contributed by atoms with van der Waals surface area (Å²) in [5.74, 6) is 3.80. The maximum absolute atomic E-state index is 3.89. The largest absolute Gasteiger partial charge is 0.310 e. The highest BCUT2D eigenvalue weighted by atomic mass is 14.6. The number of fused-ring (bicyclic) bond motifs is 1. The van der Waals surface area contributed by atoms with Crippen molar-refractivity contribution in [2.24, 2.45) is 5.92 Å². The van der Waals surface area contributed by atoms with Gasteiger partial charge in [-0.05, 0) is 11.1 Å². The fourth-order valence-electron chi connectivity index (χ4n) is 0.878. The van der Waals surface area contributed by atoms with Crippen molar-refractivity contribution >= 4 is 12.1 Å². The summed E-state index contributed by atoms with van der Waals surface area (Å²) in [5.41, 5.74) is 1.43. The zero-order chi connectivity index (χ0) is 4.69. The van der Waals surface area contributed by atoms with E-state index < -0.39 is 0 Å². The average Bonchev–Trinajstić information content (AvgIpc) is 2.41. The van der Waals surface area contributed by atoms with Crippen molar-refractivity contribution in [3.05, 3.63) is 5.57 Å². The van der Waals surface area contributed by atoms with E-state index in [0.717, 1.165) is 5.92 Å². The van der Waals surface area contributed by atoms with Crippen LogP contribution in [0.25, 0.3) is 0 Å². The quantitative estimate of drug-likeness (QED) is 0.377. The van der Waals surface area contributed by atoms with Gasteiger partial charge >= 0.3 is 5.87 Å². The van der Waals surface area contributed by atoms with E-state index in [-0.39, 0.29) is 0 Å². The monoisotopic (exact) mass is 92.0 g/mol. The Kier molecular flexibility index (Phi) is 0.416. The van der Waals surface area contributed by atoms with Crippen LogP contribution in [0.5, 0.6) is 0 Å². The number of rotatable bonds is 0. The maximum atomic E-state index is 3.89. The average molecular weight is 92.1 g/mol. The SMILES string of the molecule is C1=[N+]=CCC2CC=12. The molecular formula is C6H6N+. The van der Waals surface area contributed by atoms with Crippen LogP contribution >= 0.6 is 0 Å². The fraction of sp³-hybridized carbons (Fsp3) is 0.500. The van der Waals surface area contributed by atoms with Gasteiger partial charge in [-0.15, -0.1) is 0 Å². The van der Waals surface area contributed by atoms with Crippen molar-refractivity contribution in [1.82, 2.24) is 4.67 Å². The summed E-state index contributed by atoms with van der Waals surface area (Å²) in [7, 11) is 0. The van der Waals surface area contributed by atoms with Crippen LogP contribution in [-0.4, -0.2) is 12.1 Å². The molecule has 1 fully saturated rings. The fourth-order valence-corrected chi connectivity index (χ4v) is 0.878. The third-order valence-corrected chi connectivity index (χ3v) is 1.49. The van der Waals surface area contributed by atoms with Gasteiger partial charge in [0.15, 0.2) is 0 Å². The van der Waals surface area contributed by atoms with E-state index in [1.54, 1.807) is 0 Å². The minimum atomic E-state index is 0.859. The van der Waals surface area contributed by atoms with Crippen molar-refractivity contribution < 1.29 is 0 Å². The van der Waals surface area contributed by atoms with Gasteiger partial charge in [0.25, 0.3) is 6.21 Å². The summed E-state index contributed by atoms with van der Waals surface area (Å²) in [6.45, 7) is 0. The molecule has 0 spiro atoms. The third kappa shape index (κ3) is 0.365. The normalized spacial score (nSPS) is 32.0. The molecule has 34 valence electrons. The first-order valence-corrected chi connectivity index (χ1v) is 2.60. The number of allylic oxidation sites excluding steroid dienone is 1. The summed E-state index contributed by atoms with van der Waals surface area (Å²) in [4.78, 5) is 0. The standard InChI is InChI=1S/C6H6N/c1-2-7-4-6-3-5(1)6/h2,5H,1,3H2/q+1. The van der Waals surface area contributed by atoms with Gasteiger partial charge in [-0.2, -0.15) is 0 Å². The first-order chi connectivity index (χ1) is 3.47. The molecule has 0 bridgehead atoms. The highest BCUT2D eigenvalue weighted by molar-refractivity contribution is 5.75. The van der Waals surface area contributed by atoms with Crippen molar-refractivity contribution in [2.45, 2.75) is 12.8 Å². The Morgan fingerprint density at radius 3 is 3.43 bits per heavy atom. The van der Waals surface area contributed by atoms with Gasteiger partial charge in [0, 0.05) is 5.92 Å². The van der Waals surface area contributed by atoms with Gasteiger partial charge in [0.05, 0.1) is 12.0 Å². The van der Waals surface area contributed by atoms with Crippen molar-refractivity contribution in [3.8, 4) is 0 Å². The van der Waals surface area contributed by atoms with Crippen LogP contribution in [0, 0.1) is 5.92 Å². The molecule has 1 heteroatoms. The molecule has 7 heavy (non-hydrogen) atoms. The molecule has 1 saturated carbocycles. The predicted octanol–water partition coefficient (Wildman–Crippen LogP) is 0.144. The van der Waals surface area contributed by atoms with E-state index in [2.05, 4.69) is 10.5 Å². The van der Waals surface area contributed by atoms with Gasteiger partial charge in [-0.3, -0.25) is 0 Å². The zero-order valence-electron chi connectivity index (χ0n) is 4.02. The van der Waals surface area contributed by atoms with Crippen LogP contribution in [0.1, 0.15) is 12.8 Å². The molecule has 2 aliphatic rings. The lowest BCUT2D eigenvalue weighted by molar-refractivity contribution is 0.938. The smallest absolute Gasteiger partial charge is 0.0438 e. The second kappa shape index (κ2) is 0.894. The Balaban J connectivity index is 2.63. The molecule has 1 unspecified atom stereocenters. The molecule has 0 aromatic heterocycles. The molecule has 2 rings (SSSR count). The molecule has 1 aliphatic carbocycles. The van der Waals surface area contributed by atoms with E-state index >= 15 is 0 Å². The Morgan fingerprint density at radius 2 is 2.86 bits per heavy atom. The van der Waals surface area contributed by atoms with Crippen molar-refractivity contribution in [2.75, 3.05) is 0 Å². The topological polar surface area (TPSA) is 14.1 Å². The molecule has 1 nitrogen and oxygen atoms in total. The van der Waals surface area contributed by atoms with Crippen LogP contribution in [0.4, 0.5) is 0 Å². The summed E-state index contributed by atoms with van der Waals surface area (Å²) < 4.78 is 3.89. The third-order valence-electron chi connectivity index (χ3n) is 1.49. The molecule has 1 atom stereocenters. The van der Waals surface area contributed by atoms with Crippen LogP contribution < -0.4 is 4.67 Å². The summed E-state index contributed by atoms with van der Waals surface area (Å²) in [6, 6.07) is 0. The van der Waals surface area contributed by atoms with Crippen LogP contribution in [0.3, 0.4) is 0 Å². The minimum absolute atomic E-state index is 0.859. The first kappa shape index (κ1) is 3.26. The van der Waals surface area contributed by atoms with Gasteiger partial charge in [0.2, 0.25) is 0 Å². The molecule has 0 radical (unpaired) electrons. The van der Waals surface area contributed by atoms with E-state index in [0.29, 0.717) is 0 Å². The Bertz CT molecular complexity index is 190. The lowest BCUT2D eigenvalue weighted by Crippen LogP contribution is -1.86. The Labute approximate surface area is 42.1 Å². The lowest BCUT2D eigenvalue weighted by Gasteiger charge is -1.71. The molecule has 0 aromatic carbocycles. The van der Waals surface area contributed by atoms with Crippen molar-refractivity contribution in [3.63, 3.8) is 0 Å². The number of nitrogens with zero attached hydrogens (tertiary/aromatic N) is 1. The second-order valence-corrected chi connectivity index (χ2v) is 2.09. The second-order valence-electron chi connectivity index (χ2n) is 2.09. The lowest BCUT2D eigenvalue weighted by atomic mass is 10.3. The zero-order valence-corrected chi connectivity index (χ0v) is 4.02.